The number of nitrogens with zero attached hydrogens (tertiary/aromatic N) is 2. The van der Waals surface area contributed by atoms with Crippen molar-refractivity contribution in [2.75, 3.05) is 67.6 Å². The third-order valence-corrected chi connectivity index (χ3v) is 2.39. The summed E-state index contributed by atoms with van der Waals surface area (Å²) >= 11 is 0. The summed E-state index contributed by atoms with van der Waals surface area (Å²) in [6.07, 6.45) is -0.954. The predicted octanol–water partition coefficient (Wildman–Crippen LogP) is -3.97. The fraction of sp³-hybridized carbons (Fsp3) is 0.786. The number of hydrogen-bond donors (Lipinski definition) is 8. The molecule has 1 heterocycles. The summed E-state index contributed by atoms with van der Waals surface area (Å²) in [5.41, 5.74) is 4.57. The Hall–Kier alpha value is -1.83. The fourth-order valence-corrected chi connectivity index (χ4v) is 0.919. The van der Waals surface area contributed by atoms with Crippen molar-refractivity contribution in [3.63, 3.8) is 0 Å². The van der Waals surface area contributed by atoms with E-state index in [0.29, 0.717) is 6.54 Å². The fourth-order valence-electron chi connectivity index (χ4n) is 0.919. The maximum absolute atomic E-state index is 10.4. The number of rotatable bonds is 5. The number of carboxylic acid groups (broad SMARTS) is 1. The molecule has 9 N–H and O–H groups in total. The van der Waals surface area contributed by atoms with Crippen LogP contribution in [0.15, 0.2) is 0 Å². The molecule has 0 spiro atoms. The maximum Gasteiger partial charge on any atom is 0.317 e. The average Bonchev–Trinajstić information content (AvgIpc) is 2.83. The van der Waals surface area contributed by atoms with Crippen molar-refractivity contribution in [2.45, 2.75) is 6.10 Å². The predicted molar refractivity (Wildman–Crippen MR) is 95.4 cm³/mol. The first kappa shape index (κ1) is 29.0. The Morgan fingerprint density at radius 2 is 1.73 bits per heavy atom. The van der Waals surface area contributed by atoms with Gasteiger partial charge in [0.05, 0.1) is 54.1 Å². The van der Waals surface area contributed by atoms with Crippen molar-refractivity contribution in [2.24, 2.45) is 5.73 Å². The van der Waals surface area contributed by atoms with E-state index >= 15 is 0 Å². The van der Waals surface area contributed by atoms with Gasteiger partial charge in [0.1, 0.15) is 12.6 Å². The number of aliphatic carboxylic acids is 1. The van der Waals surface area contributed by atoms with Crippen LogP contribution in [0.25, 0.3) is 0 Å². The Balaban J connectivity index is -0.000000276. The molecule has 12 nitrogen and oxygen atoms in total. The van der Waals surface area contributed by atoms with Gasteiger partial charge >= 0.3 is 5.97 Å². The van der Waals surface area contributed by atoms with Crippen LogP contribution in [0.2, 0.25) is 0 Å². The first-order chi connectivity index (χ1) is 11.8. The first-order valence-corrected chi connectivity index (χ1v) is 7.67. The van der Waals surface area contributed by atoms with Gasteiger partial charge in [-0.05, 0) is 0 Å². The van der Waals surface area contributed by atoms with Crippen LogP contribution < -0.4 is 11.1 Å². The molecule has 0 aromatic heterocycles. The summed E-state index contributed by atoms with van der Waals surface area (Å²) in [6.45, 7) is 0.426. The molecule has 0 atom stereocenters. The zero-order valence-corrected chi connectivity index (χ0v) is 15.8. The molecule has 0 aliphatic carbocycles. The van der Waals surface area contributed by atoms with Gasteiger partial charge in [0, 0.05) is 7.05 Å². The van der Waals surface area contributed by atoms with Crippen LogP contribution in [-0.4, -0.2) is 127 Å². The van der Waals surface area contributed by atoms with E-state index in [4.69, 9.17) is 30.9 Å². The SMILES string of the molecule is CN1CC(=O)NC1=N.C[N+](C)(C)CCO.NCC(=O)O.OCC(O)CO. The molecular weight excluding hydrogens is 350 g/mol. The second-order valence-electron chi connectivity index (χ2n) is 6.11. The van der Waals surface area contributed by atoms with E-state index in [1.807, 2.05) is 0 Å². The quantitative estimate of drug-likeness (QED) is 0.218. The highest BCUT2D eigenvalue weighted by Crippen LogP contribution is 1.89. The van der Waals surface area contributed by atoms with Gasteiger partial charge in [-0.15, -0.1) is 0 Å². The lowest BCUT2D eigenvalue weighted by Gasteiger charge is -2.21. The summed E-state index contributed by atoms with van der Waals surface area (Å²) in [6, 6.07) is 0. The van der Waals surface area contributed by atoms with E-state index in [1.54, 1.807) is 11.9 Å². The minimum atomic E-state index is -0.968. The van der Waals surface area contributed by atoms with Crippen molar-refractivity contribution in [1.29, 1.82) is 5.41 Å². The Morgan fingerprint density at radius 3 is 1.77 bits per heavy atom. The average molecular weight is 384 g/mol. The number of carboxylic acids is 1. The second-order valence-corrected chi connectivity index (χ2v) is 6.11. The van der Waals surface area contributed by atoms with Crippen LogP contribution in [0.5, 0.6) is 0 Å². The molecule has 156 valence electrons. The number of quaternary nitrogens is 1. The second kappa shape index (κ2) is 16.6. The molecule has 1 rings (SSSR count). The number of aliphatic hydroxyl groups excluding tert-OH is 4. The van der Waals surface area contributed by atoms with E-state index in [2.05, 4.69) is 32.2 Å². The lowest BCUT2D eigenvalue weighted by atomic mass is 10.4. The highest BCUT2D eigenvalue weighted by molar-refractivity contribution is 6.02. The summed E-state index contributed by atoms with van der Waals surface area (Å²) in [4.78, 5) is 21.2. The molecule has 0 saturated carbocycles. The monoisotopic (exact) mass is 384 g/mol. The minimum Gasteiger partial charge on any atom is -0.480 e. The van der Waals surface area contributed by atoms with Crippen LogP contribution in [-0.2, 0) is 9.59 Å². The van der Waals surface area contributed by atoms with Crippen molar-refractivity contribution in [1.82, 2.24) is 10.2 Å². The van der Waals surface area contributed by atoms with Crippen molar-refractivity contribution < 1.29 is 39.6 Å². The van der Waals surface area contributed by atoms with Crippen molar-refractivity contribution in [3.8, 4) is 0 Å². The number of amides is 1. The van der Waals surface area contributed by atoms with Gasteiger partial charge in [0.25, 0.3) is 0 Å². The normalized spacial score (nSPS) is 12.9. The summed E-state index contributed by atoms with van der Waals surface area (Å²) < 4.78 is 0.844. The van der Waals surface area contributed by atoms with Gasteiger partial charge in [-0.3, -0.25) is 20.3 Å². The number of carbonyl (C=O) groups excluding carboxylic acids is 1. The molecule has 1 amide bonds. The highest BCUT2D eigenvalue weighted by atomic mass is 16.4. The number of carbonyl (C=O) groups is 2. The zero-order chi connectivity index (χ0) is 21.3. The zero-order valence-electron chi connectivity index (χ0n) is 15.8. The molecule has 0 aromatic carbocycles. The largest absolute Gasteiger partial charge is 0.480 e. The lowest BCUT2D eigenvalue weighted by Crippen LogP contribution is -2.36. The van der Waals surface area contributed by atoms with Crippen molar-refractivity contribution in [3.05, 3.63) is 0 Å². The number of likely N-dealkylation sites (N-methyl/N-ethyl adjacent to an activating group) is 2. The smallest absolute Gasteiger partial charge is 0.317 e. The van der Waals surface area contributed by atoms with E-state index in [-0.39, 0.29) is 38.2 Å². The Morgan fingerprint density at radius 1 is 1.31 bits per heavy atom. The molecular formula is C14H34N5O7+. The van der Waals surface area contributed by atoms with Gasteiger partial charge in [0.2, 0.25) is 5.91 Å². The van der Waals surface area contributed by atoms with E-state index < -0.39 is 12.1 Å². The highest BCUT2D eigenvalue weighted by Gasteiger charge is 2.18. The molecule has 1 fully saturated rings. The maximum atomic E-state index is 10.4. The van der Waals surface area contributed by atoms with Crippen LogP contribution in [0.1, 0.15) is 0 Å². The number of aliphatic hydroxyl groups is 4. The number of hydrogen-bond acceptors (Lipinski definition) is 8. The van der Waals surface area contributed by atoms with Crippen molar-refractivity contribution >= 4 is 17.8 Å². The Kier molecular flexibility index (Phi) is 18.5. The summed E-state index contributed by atoms with van der Waals surface area (Å²) in [5, 5.41) is 49.3. The first-order valence-electron chi connectivity index (χ1n) is 7.67. The number of nitrogens with one attached hydrogen (secondary N) is 2. The molecule has 26 heavy (non-hydrogen) atoms. The van der Waals surface area contributed by atoms with E-state index in [0.717, 1.165) is 11.0 Å². The summed E-state index contributed by atoms with van der Waals surface area (Å²) in [7, 11) is 7.85. The van der Waals surface area contributed by atoms with Gasteiger partial charge < -0.3 is 40.6 Å². The van der Waals surface area contributed by atoms with Crippen LogP contribution in [0.4, 0.5) is 0 Å². The number of guanidine groups is 1. The molecule has 1 aliphatic heterocycles. The van der Waals surface area contributed by atoms with Gasteiger partial charge in [0.15, 0.2) is 5.96 Å². The van der Waals surface area contributed by atoms with E-state index in [1.165, 1.54) is 0 Å². The molecule has 0 aromatic rings. The lowest BCUT2D eigenvalue weighted by molar-refractivity contribution is -0.870. The molecule has 0 bridgehead atoms. The third-order valence-electron chi connectivity index (χ3n) is 2.39. The van der Waals surface area contributed by atoms with Gasteiger partial charge in [-0.1, -0.05) is 0 Å². The third kappa shape index (κ3) is 24.4. The van der Waals surface area contributed by atoms with E-state index in [9.17, 15) is 9.59 Å². The Bertz CT molecular complexity index is 398. The molecule has 0 unspecified atom stereocenters. The molecule has 12 heteroatoms. The van der Waals surface area contributed by atoms with Crippen LogP contribution in [0, 0.1) is 5.41 Å². The summed E-state index contributed by atoms with van der Waals surface area (Å²) in [5.74, 6) is -0.877. The van der Waals surface area contributed by atoms with Crippen LogP contribution in [0.3, 0.4) is 0 Å². The van der Waals surface area contributed by atoms with Gasteiger partial charge in [-0.2, -0.15) is 0 Å². The molecule has 0 radical (unpaired) electrons. The molecule has 1 aliphatic rings. The standard InChI is InChI=1S/C5H14NO.C4H7N3O.C3H8O3.C2H5NO2/c1-6(2,3)4-5-7;1-7-2-3(8)6-4(7)5;4-1-3(6)2-5;3-1-2(4)5/h7H,4-5H2,1-3H3;2H2,1H3,(H2,5,6,8);3-6H,1-2H2;1,3H2,(H,4,5)/q+1;;;. The topological polar surface area (TPSA) is 200 Å². The van der Waals surface area contributed by atoms with Crippen LogP contribution >= 0.6 is 0 Å². The number of nitrogens with two attached hydrogens (primary N) is 1. The Labute approximate surface area is 153 Å². The molecule has 1 saturated heterocycles. The minimum absolute atomic E-state index is 0.0995. The van der Waals surface area contributed by atoms with Gasteiger partial charge in [-0.25, -0.2) is 0 Å².